The quantitative estimate of drug-likeness (QED) is 0.522. The zero-order valence-electron chi connectivity index (χ0n) is 7.87. The molecule has 0 fully saturated rings. The molecule has 13 heavy (non-hydrogen) atoms. The van der Waals surface area contributed by atoms with Gasteiger partial charge < -0.3 is 0 Å². The zero-order chi connectivity index (χ0) is 9.68. The van der Waals surface area contributed by atoms with Crippen LogP contribution in [0, 0.1) is 0 Å². The number of hydrogen-bond acceptors (Lipinski definition) is 1. The first kappa shape index (κ1) is 9.93. The van der Waals surface area contributed by atoms with Crippen molar-refractivity contribution in [2.75, 3.05) is 0 Å². The average Bonchev–Trinajstić information content (AvgIpc) is 2.15. The lowest BCUT2D eigenvalue weighted by molar-refractivity contribution is 0.112. The van der Waals surface area contributed by atoms with Gasteiger partial charge in [-0.25, -0.2) is 0 Å². The second-order valence-corrected chi connectivity index (χ2v) is 4.19. The van der Waals surface area contributed by atoms with Crippen LogP contribution in [0.5, 0.6) is 0 Å². The van der Waals surface area contributed by atoms with Crippen LogP contribution in [0.4, 0.5) is 0 Å². The van der Waals surface area contributed by atoms with E-state index in [2.05, 4.69) is 19.5 Å². The zero-order valence-corrected chi connectivity index (χ0v) is 8.87. The summed E-state index contributed by atoms with van der Waals surface area (Å²) in [4.78, 5) is 10.7. The lowest BCUT2D eigenvalue weighted by Crippen LogP contribution is -2.17. The van der Waals surface area contributed by atoms with Crippen LogP contribution in [0.25, 0.3) is 0 Å². The van der Waals surface area contributed by atoms with Gasteiger partial charge in [-0.05, 0) is 19.0 Å². The maximum absolute atomic E-state index is 10.7. The summed E-state index contributed by atoms with van der Waals surface area (Å²) in [6.07, 6.45) is 0.918. The molecule has 0 heterocycles. The molecule has 0 saturated carbocycles. The van der Waals surface area contributed by atoms with E-state index in [1.807, 2.05) is 24.3 Å². The number of allylic oxidation sites excluding steroid dienone is 1. The van der Waals surface area contributed by atoms with E-state index in [1.54, 1.807) is 0 Å². The summed E-state index contributed by atoms with van der Waals surface area (Å²) in [5.41, 5.74) is 4.25. The molecule has 0 aliphatic heterocycles. The lowest BCUT2D eigenvalue weighted by atomic mass is 10.2. The molecule has 0 aliphatic rings. The molecule has 0 saturated heterocycles. The van der Waals surface area contributed by atoms with Crippen molar-refractivity contribution >= 4 is 21.0 Å². The Balaban J connectivity index is 2.87. The number of carbonyl (C=O) groups excluding carboxylic acids is 1. The van der Waals surface area contributed by atoms with E-state index in [0.717, 1.165) is 17.0 Å². The number of hydrogen-bond donors (Lipinski definition) is 0. The number of benzene rings is 1. The van der Waals surface area contributed by atoms with Crippen molar-refractivity contribution in [3.05, 3.63) is 41.1 Å². The third kappa shape index (κ3) is 2.99. The molecule has 0 N–H and O–H groups in total. The molecule has 0 bridgehead atoms. The minimum absolute atomic E-state index is 0.597. The van der Waals surface area contributed by atoms with E-state index in [-0.39, 0.29) is 0 Å². The summed E-state index contributed by atoms with van der Waals surface area (Å²) in [5, 5.41) is 1.12. The molecule has 1 aromatic rings. The molecule has 0 spiro atoms. The van der Waals surface area contributed by atoms with Crippen molar-refractivity contribution in [3.63, 3.8) is 0 Å². The standard InChI is InChI=1S/C11H12OSi/c1-9(2)8-13-11-6-4-3-5-10(11)7-12/h3-8H,1-2H3. The Morgan fingerprint density at radius 1 is 1.31 bits per heavy atom. The second kappa shape index (κ2) is 4.77. The molecule has 1 aromatic carbocycles. The molecular formula is C11H12OSi. The van der Waals surface area contributed by atoms with Crippen molar-refractivity contribution in [3.8, 4) is 0 Å². The van der Waals surface area contributed by atoms with E-state index in [0.29, 0.717) is 9.52 Å². The van der Waals surface area contributed by atoms with Gasteiger partial charge in [0.2, 0.25) is 0 Å². The van der Waals surface area contributed by atoms with Crippen LogP contribution in [-0.4, -0.2) is 15.8 Å². The van der Waals surface area contributed by atoms with Crippen molar-refractivity contribution in [2.24, 2.45) is 0 Å². The third-order valence-electron chi connectivity index (χ3n) is 1.60. The van der Waals surface area contributed by atoms with E-state index in [1.165, 1.54) is 5.57 Å². The Bertz CT molecular complexity index is 325. The van der Waals surface area contributed by atoms with E-state index in [4.69, 9.17) is 0 Å². The summed E-state index contributed by atoms with van der Waals surface area (Å²) < 4.78 is 0. The van der Waals surface area contributed by atoms with Crippen LogP contribution < -0.4 is 5.19 Å². The highest BCUT2D eigenvalue weighted by Gasteiger charge is 1.98. The Hall–Kier alpha value is -1.15. The van der Waals surface area contributed by atoms with Crippen LogP contribution in [-0.2, 0) is 0 Å². The molecular weight excluding hydrogens is 176 g/mol. The number of carbonyl (C=O) groups is 1. The first-order valence-corrected chi connectivity index (χ1v) is 5.26. The monoisotopic (exact) mass is 188 g/mol. The molecule has 0 aromatic heterocycles. The average molecular weight is 188 g/mol. The van der Waals surface area contributed by atoms with Crippen molar-refractivity contribution in [1.29, 1.82) is 0 Å². The van der Waals surface area contributed by atoms with Crippen molar-refractivity contribution in [2.45, 2.75) is 13.8 Å². The predicted octanol–water partition coefficient (Wildman–Crippen LogP) is 1.75. The Morgan fingerprint density at radius 3 is 2.62 bits per heavy atom. The summed E-state index contributed by atoms with van der Waals surface area (Å²) in [6.45, 7) is 4.13. The summed E-state index contributed by atoms with van der Waals surface area (Å²) in [5.74, 6) is 0. The van der Waals surface area contributed by atoms with Gasteiger partial charge in [0.05, 0.1) is 0 Å². The molecule has 0 atom stereocenters. The smallest absolute Gasteiger partial charge is 0.149 e. The van der Waals surface area contributed by atoms with Crippen LogP contribution in [0.1, 0.15) is 24.2 Å². The fourth-order valence-corrected chi connectivity index (χ4v) is 1.90. The normalized spacial score (nSPS) is 9.38. The molecule has 2 heteroatoms. The van der Waals surface area contributed by atoms with Gasteiger partial charge in [-0.15, -0.1) is 0 Å². The SMILES string of the molecule is CC(C)=C[Si]c1ccccc1C=O. The van der Waals surface area contributed by atoms with Gasteiger partial charge in [-0.2, -0.15) is 0 Å². The minimum Gasteiger partial charge on any atom is -0.298 e. The fraction of sp³-hybridized carbons (Fsp3) is 0.182. The van der Waals surface area contributed by atoms with Crippen molar-refractivity contribution < 1.29 is 4.79 Å². The van der Waals surface area contributed by atoms with Gasteiger partial charge in [0, 0.05) is 5.56 Å². The maximum Gasteiger partial charge on any atom is 0.149 e. The van der Waals surface area contributed by atoms with E-state index >= 15 is 0 Å². The first-order valence-electron chi connectivity index (χ1n) is 4.18. The molecule has 0 aliphatic carbocycles. The number of rotatable bonds is 3. The topological polar surface area (TPSA) is 17.1 Å². The largest absolute Gasteiger partial charge is 0.298 e. The summed E-state index contributed by atoms with van der Waals surface area (Å²) >= 11 is 0. The van der Waals surface area contributed by atoms with Crippen LogP contribution in [0.2, 0.25) is 0 Å². The predicted molar refractivity (Wildman–Crippen MR) is 56.6 cm³/mol. The molecule has 0 amide bonds. The highest BCUT2D eigenvalue weighted by atomic mass is 28.2. The Kier molecular flexibility index (Phi) is 3.64. The van der Waals surface area contributed by atoms with Gasteiger partial charge in [0.1, 0.15) is 15.8 Å². The van der Waals surface area contributed by atoms with Gasteiger partial charge in [-0.3, -0.25) is 4.79 Å². The summed E-state index contributed by atoms with van der Waals surface area (Å²) in [6, 6.07) is 7.71. The van der Waals surface area contributed by atoms with Crippen LogP contribution in [0.15, 0.2) is 35.5 Å². The van der Waals surface area contributed by atoms with Gasteiger partial charge in [-0.1, -0.05) is 35.5 Å². The van der Waals surface area contributed by atoms with Gasteiger partial charge in [0.25, 0.3) is 0 Å². The Morgan fingerprint density at radius 2 is 2.00 bits per heavy atom. The molecule has 2 radical (unpaired) electrons. The highest BCUT2D eigenvalue weighted by Crippen LogP contribution is 1.93. The van der Waals surface area contributed by atoms with Crippen LogP contribution >= 0.6 is 0 Å². The van der Waals surface area contributed by atoms with E-state index in [9.17, 15) is 4.79 Å². The Labute approximate surface area is 81.3 Å². The van der Waals surface area contributed by atoms with Gasteiger partial charge in [0.15, 0.2) is 0 Å². The van der Waals surface area contributed by atoms with Gasteiger partial charge >= 0.3 is 0 Å². The third-order valence-corrected chi connectivity index (χ3v) is 3.09. The molecule has 0 unspecified atom stereocenters. The molecule has 1 rings (SSSR count). The molecule has 1 nitrogen and oxygen atoms in total. The summed E-state index contributed by atoms with van der Waals surface area (Å²) in [7, 11) is 0.597. The maximum atomic E-state index is 10.7. The highest BCUT2D eigenvalue weighted by molar-refractivity contribution is 6.60. The van der Waals surface area contributed by atoms with Crippen LogP contribution in [0.3, 0.4) is 0 Å². The lowest BCUT2D eigenvalue weighted by Gasteiger charge is -1.99. The number of aldehydes is 1. The van der Waals surface area contributed by atoms with E-state index < -0.39 is 0 Å². The van der Waals surface area contributed by atoms with Crippen molar-refractivity contribution in [1.82, 2.24) is 0 Å². The molecule has 66 valence electrons. The second-order valence-electron chi connectivity index (χ2n) is 3.07. The first-order chi connectivity index (χ1) is 6.24. The fourth-order valence-electron chi connectivity index (χ4n) is 0.953. The minimum atomic E-state index is 0.597.